The molecule has 0 atom stereocenters. The summed E-state index contributed by atoms with van der Waals surface area (Å²) in [5.41, 5.74) is -0.782. The average Bonchev–Trinajstić information content (AvgIpc) is 2.48. The Morgan fingerprint density at radius 1 is 1.14 bits per heavy atom. The molecule has 9 heteroatoms. The van der Waals surface area contributed by atoms with Crippen LogP contribution < -0.4 is 5.32 Å². The normalized spacial score (nSPS) is 10.0. The van der Waals surface area contributed by atoms with Gasteiger partial charge in [-0.2, -0.15) is 0 Å². The molecule has 0 bridgehead atoms. The molecule has 1 aromatic heterocycles. The number of benzene rings is 1. The molecule has 0 unspecified atom stereocenters. The number of anilines is 1. The molecule has 112 valence electrons. The number of aromatic nitrogens is 1. The highest BCUT2D eigenvalue weighted by Gasteiger charge is 2.21. The Hall–Kier alpha value is -3.36. The van der Waals surface area contributed by atoms with Crippen molar-refractivity contribution in [2.24, 2.45) is 0 Å². The van der Waals surface area contributed by atoms with E-state index in [4.69, 9.17) is 0 Å². The number of nitrogens with zero attached hydrogens (tertiary/aromatic N) is 3. The summed E-state index contributed by atoms with van der Waals surface area (Å²) in [4.78, 5) is 35.9. The number of nitro groups is 2. The van der Waals surface area contributed by atoms with E-state index in [-0.39, 0.29) is 12.0 Å². The molecule has 0 saturated carbocycles. The van der Waals surface area contributed by atoms with Gasteiger partial charge in [-0.15, -0.1) is 0 Å². The van der Waals surface area contributed by atoms with E-state index >= 15 is 0 Å². The molecule has 0 aliphatic rings. The number of hydrogen-bond acceptors (Lipinski definition) is 6. The lowest BCUT2D eigenvalue weighted by molar-refractivity contribution is -0.394. The zero-order chi connectivity index (χ0) is 16.1. The zero-order valence-electron chi connectivity index (χ0n) is 11.1. The quantitative estimate of drug-likeness (QED) is 0.665. The van der Waals surface area contributed by atoms with Gasteiger partial charge in [-0.25, -0.2) is 4.98 Å². The summed E-state index contributed by atoms with van der Waals surface area (Å²) in [7, 11) is 0. The van der Waals surface area contributed by atoms with Crippen molar-refractivity contribution < 1.29 is 14.6 Å². The molecular formula is C13H10N4O5. The number of non-ortho nitro benzene ring substituents is 1. The molecule has 1 N–H and O–H groups in total. The highest BCUT2D eigenvalue weighted by atomic mass is 16.6. The number of amides is 1. The van der Waals surface area contributed by atoms with E-state index in [2.05, 4.69) is 10.3 Å². The predicted octanol–water partition coefficient (Wildman–Crippen LogP) is 2.08. The Kier molecular flexibility index (Phi) is 4.37. The number of nitro benzene ring substituents is 2. The molecule has 0 aliphatic heterocycles. The molecule has 1 heterocycles. The van der Waals surface area contributed by atoms with Crippen molar-refractivity contribution in [2.45, 2.75) is 6.42 Å². The van der Waals surface area contributed by atoms with E-state index in [1.54, 1.807) is 18.2 Å². The second-order valence-electron chi connectivity index (χ2n) is 4.27. The van der Waals surface area contributed by atoms with Gasteiger partial charge < -0.3 is 5.32 Å². The summed E-state index contributed by atoms with van der Waals surface area (Å²) in [6, 6.07) is 8.09. The first-order chi connectivity index (χ1) is 10.5. The van der Waals surface area contributed by atoms with Crippen LogP contribution in [0.3, 0.4) is 0 Å². The molecule has 1 amide bonds. The third kappa shape index (κ3) is 3.60. The summed E-state index contributed by atoms with van der Waals surface area (Å²) >= 11 is 0. The minimum atomic E-state index is -0.754. The van der Waals surface area contributed by atoms with Crippen LogP contribution in [-0.4, -0.2) is 20.7 Å². The van der Waals surface area contributed by atoms with Crippen molar-refractivity contribution in [1.29, 1.82) is 0 Å². The maximum Gasteiger partial charge on any atom is 0.279 e. The third-order valence-electron chi connectivity index (χ3n) is 2.76. The number of hydrogen-bond donors (Lipinski definition) is 1. The van der Waals surface area contributed by atoms with E-state index in [1.807, 2.05) is 0 Å². The van der Waals surface area contributed by atoms with Gasteiger partial charge in [-0.1, -0.05) is 6.07 Å². The van der Waals surface area contributed by atoms with Gasteiger partial charge in [0.05, 0.1) is 22.3 Å². The van der Waals surface area contributed by atoms with Gasteiger partial charge in [-0.05, 0) is 18.2 Å². The zero-order valence-corrected chi connectivity index (χ0v) is 11.1. The van der Waals surface area contributed by atoms with Gasteiger partial charge in [-0.3, -0.25) is 25.0 Å². The van der Waals surface area contributed by atoms with Crippen molar-refractivity contribution in [3.8, 4) is 0 Å². The molecule has 0 aliphatic carbocycles. The van der Waals surface area contributed by atoms with Crippen LogP contribution in [0.5, 0.6) is 0 Å². The van der Waals surface area contributed by atoms with Gasteiger partial charge in [0, 0.05) is 17.8 Å². The molecule has 0 spiro atoms. The van der Waals surface area contributed by atoms with Gasteiger partial charge in [0.25, 0.3) is 11.4 Å². The Balaban J connectivity index is 2.20. The van der Waals surface area contributed by atoms with Gasteiger partial charge >= 0.3 is 0 Å². The first kappa shape index (κ1) is 15.0. The van der Waals surface area contributed by atoms with Gasteiger partial charge in [0.15, 0.2) is 0 Å². The van der Waals surface area contributed by atoms with Crippen LogP contribution in [0.25, 0.3) is 0 Å². The second kappa shape index (κ2) is 6.39. The standard InChI is InChI=1S/C13H10N4O5/c18-13(15-12-3-1-2-6-14-12)7-9-4-5-10(16(19)20)8-11(9)17(21)22/h1-6,8H,7H2,(H,14,15,18). The SMILES string of the molecule is O=C(Cc1ccc([N+](=O)[O-])cc1[N+](=O)[O-])Nc1ccccn1. The van der Waals surface area contributed by atoms with Crippen LogP contribution in [0.4, 0.5) is 17.2 Å². The van der Waals surface area contributed by atoms with Crippen LogP contribution in [0.15, 0.2) is 42.6 Å². The maximum atomic E-state index is 11.9. The molecular weight excluding hydrogens is 292 g/mol. The summed E-state index contributed by atoms with van der Waals surface area (Å²) in [5.74, 6) is -0.187. The lowest BCUT2D eigenvalue weighted by Gasteiger charge is -2.05. The summed E-state index contributed by atoms with van der Waals surface area (Å²) < 4.78 is 0. The summed E-state index contributed by atoms with van der Waals surface area (Å²) in [5, 5.41) is 24.1. The molecule has 2 rings (SSSR count). The smallest absolute Gasteiger partial charge is 0.279 e. The summed E-state index contributed by atoms with van der Waals surface area (Å²) in [6.45, 7) is 0. The first-order valence-corrected chi connectivity index (χ1v) is 6.10. The third-order valence-corrected chi connectivity index (χ3v) is 2.76. The van der Waals surface area contributed by atoms with E-state index in [1.165, 1.54) is 12.3 Å². The largest absolute Gasteiger partial charge is 0.310 e. The lowest BCUT2D eigenvalue weighted by Crippen LogP contribution is -2.16. The Bertz CT molecular complexity index is 732. The molecule has 22 heavy (non-hydrogen) atoms. The minimum absolute atomic E-state index is 0.0871. The number of carbonyl (C=O) groups is 1. The fraction of sp³-hybridized carbons (Fsp3) is 0.0769. The fourth-order valence-electron chi connectivity index (χ4n) is 1.78. The highest BCUT2D eigenvalue weighted by Crippen LogP contribution is 2.25. The van der Waals surface area contributed by atoms with Crippen molar-refractivity contribution in [2.75, 3.05) is 5.32 Å². The number of pyridine rings is 1. The van der Waals surface area contributed by atoms with Crippen molar-refractivity contribution >= 4 is 23.1 Å². The van der Waals surface area contributed by atoms with Crippen LogP contribution in [0.1, 0.15) is 5.56 Å². The van der Waals surface area contributed by atoms with Crippen LogP contribution >= 0.6 is 0 Å². The fourth-order valence-corrected chi connectivity index (χ4v) is 1.78. The Labute approximate surface area is 123 Å². The lowest BCUT2D eigenvalue weighted by atomic mass is 10.1. The van der Waals surface area contributed by atoms with E-state index in [9.17, 15) is 25.0 Å². The van der Waals surface area contributed by atoms with Crippen LogP contribution in [0, 0.1) is 20.2 Å². The Morgan fingerprint density at radius 2 is 1.91 bits per heavy atom. The highest BCUT2D eigenvalue weighted by molar-refractivity contribution is 5.92. The second-order valence-corrected chi connectivity index (χ2v) is 4.27. The predicted molar refractivity (Wildman–Crippen MR) is 76.3 cm³/mol. The van der Waals surface area contributed by atoms with Crippen LogP contribution in [-0.2, 0) is 11.2 Å². The minimum Gasteiger partial charge on any atom is -0.310 e. The van der Waals surface area contributed by atoms with E-state index < -0.39 is 27.1 Å². The van der Waals surface area contributed by atoms with Crippen molar-refractivity contribution in [3.63, 3.8) is 0 Å². The Morgan fingerprint density at radius 3 is 2.50 bits per heavy atom. The average molecular weight is 302 g/mol. The molecule has 2 aromatic rings. The van der Waals surface area contributed by atoms with Crippen molar-refractivity contribution in [3.05, 3.63) is 68.4 Å². The molecule has 9 nitrogen and oxygen atoms in total. The van der Waals surface area contributed by atoms with E-state index in [0.717, 1.165) is 12.1 Å². The van der Waals surface area contributed by atoms with Crippen LogP contribution in [0.2, 0.25) is 0 Å². The molecule has 1 aromatic carbocycles. The maximum absolute atomic E-state index is 11.9. The number of nitrogens with one attached hydrogen (secondary N) is 1. The number of carbonyl (C=O) groups excluding carboxylic acids is 1. The topological polar surface area (TPSA) is 128 Å². The molecule has 0 radical (unpaired) electrons. The van der Waals surface area contributed by atoms with Gasteiger partial charge in [0.2, 0.25) is 5.91 Å². The molecule has 0 saturated heterocycles. The van der Waals surface area contributed by atoms with Crippen molar-refractivity contribution in [1.82, 2.24) is 4.98 Å². The van der Waals surface area contributed by atoms with E-state index in [0.29, 0.717) is 5.82 Å². The first-order valence-electron chi connectivity index (χ1n) is 6.10. The monoisotopic (exact) mass is 302 g/mol. The molecule has 0 fully saturated rings. The van der Waals surface area contributed by atoms with Gasteiger partial charge in [0.1, 0.15) is 5.82 Å². The number of rotatable bonds is 5. The summed E-state index contributed by atoms with van der Waals surface area (Å²) in [6.07, 6.45) is 1.20.